The number of hydrogen-bond acceptors (Lipinski definition) is 6. The number of nitrogens with two attached hydrogens (primary N) is 1. The number of carbonyl (C=O) groups is 1. The van der Waals surface area contributed by atoms with Crippen LogP contribution in [0, 0.1) is 0 Å². The summed E-state index contributed by atoms with van der Waals surface area (Å²) in [5.74, 6) is 1.34. The van der Waals surface area contributed by atoms with Gasteiger partial charge >= 0.3 is 0 Å². The summed E-state index contributed by atoms with van der Waals surface area (Å²) < 4.78 is 5.27. The van der Waals surface area contributed by atoms with Crippen molar-refractivity contribution < 1.29 is 9.32 Å². The van der Waals surface area contributed by atoms with Gasteiger partial charge in [0.2, 0.25) is 5.89 Å². The molecule has 2 heterocycles. The van der Waals surface area contributed by atoms with Crippen molar-refractivity contribution in [1.29, 1.82) is 0 Å². The number of carbonyl (C=O) groups excluding carboxylic acids is 1. The number of benzene rings is 1. The maximum atomic E-state index is 12.6. The van der Waals surface area contributed by atoms with E-state index in [1.165, 1.54) is 0 Å². The van der Waals surface area contributed by atoms with Gasteiger partial charge in [-0.2, -0.15) is 4.98 Å². The van der Waals surface area contributed by atoms with Crippen LogP contribution in [0.15, 0.2) is 47.1 Å². The molecular weight excluding hydrogens is 330 g/mol. The molecule has 1 fully saturated rings. The van der Waals surface area contributed by atoms with Crippen LogP contribution in [0.4, 0.5) is 5.69 Å². The molecule has 0 aliphatic heterocycles. The van der Waals surface area contributed by atoms with Crippen LogP contribution >= 0.6 is 0 Å². The molecule has 26 heavy (non-hydrogen) atoms. The first-order chi connectivity index (χ1) is 12.6. The van der Waals surface area contributed by atoms with Crippen LogP contribution in [0.3, 0.4) is 0 Å². The van der Waals surface area contributed by atoms with Crippen LogP contribution in [0.25, 0.3) is 11.3 Å². The van der Waals surface area contributed by atoms with E-state index in [4.69, 9.17) is 10.3 Å². The highest BCUT2D eigenvalue weighted by Crippen LogP contribution is 2.38. The van der Waals surface area contributed by atoms with E-state index in [1.54, 1.807) is 36.5 Å². The quantitative estimate of drug-likeness (QED) is 0.733. The number of rotatable bonds is 5. The Hall–Kier alpha value is -3.22. The van der Waals surface area contributed by atoms with Crippen molar-refractivity contribution in [1.82, 2.24) is 20.4 Å². The first-order valence-electron chi connectivity index (χ1n) is 8.57. The summed E-state index contributed by atoms with van der Waals surface area (Å²) in [6.07, 6.45) is 3.87. The summed E-state index contributed by atoms with van der Waals surface area (Å²) in [7, 11) is 0. The van der Waals surface area contributed by atoms with E-state index in [-0.39, 0.29) is 11.9 Å². The number of anilines is 1. The third-order valence-electron chi connectivity index (χ3n) is 4.36. The fourth-order valence-corrected chi connectivity index (χ4v) is 2.74. The largest absolute Gasteiger partial charge is 0.397 e. The van der Waals surface area contributed by atoms with Crippen molar-refractivity contribution in [2.24, 2.45) is 0 Å². The number of pyridine rings is 1. The van der Waals surface area contributed by atoms with E-state index in [0.717, 1.165) is 24.2 Å². The Kier molecular flexibility index (Phi) is 4.12. The Bertz CT molecular complexity index is 948. The van der Waals surface area contributed by atoms with E-state index in [9.17, 15) is 4.79 Å². The van der Waals surface area contributed by atoms with E-state index in [1.807, 2.05) is 13.0 Å². The monoisotopic (exact) mass is 349 g/mol. The lowest BCUT2D eigenvalue weighted by Gasteiger charge is -2.11. The van der Waals surface area contributed by atoms with Gasteiger partial charge in [-0.25, -0.2) is 0 Å². The summed E-state index contributed by atoms with van der Waals surface area (Å²) >= 11 is 0. The van der Waals surface area contributed by atoms with Gasteiger partial charge in [0.05, 0.1) is 11.4 Å². The minimum atomic E-state index is -0.369. The smallest absolute Gasteiger partial charge is 0.251 e. The summed E-state index contributed by atoms with van der Waals surface area (Å²) in [4.78, 5) is 21.3. The molecule has 1 atom stereocenters. The molecule has 3 N–H and O–H groups in total. The second-order valence-corrected chi connectivity index (χ2v) is 6.48. The van der Waals surface area contributed by atoms with Crippen molar-refractivity contribution in [3.8, 4) is 11.3 Å². The molecule has 132 valence electrons. The molecule has 4 rings (SSSR count). The number of hydrogen-bond donors (Lipinski definition) is 2. The highest BCUT2D eigenvalue weighted by Gasteiger charge is 2.29. The topological polar surface area (TPSA) is 107 Å². The Balaban J connectivity index is 1.50. The second-order valence-electron chi connectivity index (χ2n) is 6.48. The summed E-state index contributed by atoms with van der Waals surface area (Å²) in [6, 6.07) is 10.4. The maximum Gasteiger partial charge on any atom is 0.251 e. The van der Waals surface area contributed by atoms with Gasteiger partial charge < -0.3 is 15.6 Å². The summed E-state index contributed by atoms with van der Waals surface area (Å²) in [6.45, 7) is 1.82. The molecule has 1 aromatic carbocycles. The van der Waals surface area contributed by atoms with Gasteiger partial charge in [0.1, 0.15) is 6.04 Å². The van der Waals surface area contributed by atoms with Gasteiger partial charge in [-0.3, -0.25) is 9.78 Å². The molecule has 1 aliphatic rings. The van der Waals surface area contributed by atoms with Crippen LogP contribution in [-0.2, 0) is 0 Å². The lowest BCUT2D eigenvalue weighted by Crippen LogP contribution is -2.26. The van der Waals surface area contributed by atoms with E-state index in [2.05, 4.69) is 20.4 Å². The first-order valence-corrected chi connectivity index (χ1v) is 8.57. The average Bonchev–Trinajstić information content (AvgIpc) is 3.38. The van der Waals surface area contributed by atoms with Crippen LogP contribution in [0.1, 0.15) is 53.8 Å². The number of nitrogen functional groups attached to an aromatic ring is 1. The molecule has 7 nitrogen and oxygen atoms in total. The molecule has 0 saturated heterocycles. The van der Waals surface area contributed by atoms with E-state index < -0.39 is 0 Å². The highest BCUT2D eigenvalue weighted by molar-refractivity contribution is 5.95. The molecule has 0 radical (unpaired) electrons. The number of aromatic nitrogens is 3. The van der Waals surface area contributed by atoms with Crippen molar-refractivity contribution in [2.75, 3.05) is 5.73 Å². The molecule has 0 unspecified atom stereocenters. The molecule has 1 aliphatic carbocycles. The van der Waals surface area contributed by atoms with Gasteiger partial charge in [-0.15, -0.1) is 0 Å². The van der Waals surface area contributed by atoms with Gasteiger partial charge in [0.15, 0.2) is 5.82 Å². The molecule has 7 heteroatoms. The second kappa shape index (κ2) is 6.59. The summed E-state index contributed by atoms with van der Waals surface area (Å²) in [5, 5.41) is 6.87. The molecule has 1 amide bonds. The van der Waals surface area contributed by atoms with Crippen LogP contribution in [-0.4, -0.2) is 21.0 Å². The van der Waals surface area contributed by atoms with Crippen LogP contribution in [0.2, 0.25) is 0 Å². The average molecular weight is 349 g/mol. The zero-order chi connectivity index (χ0) is 18.1. The fourth-order valence-electron chi connectivity index (χ4n) is 2.74. The SMILES string of the molecule is C[C@@H](NC(=O)c1cccc(-c2ncccc2N)c1)c1nc(C2CC2)no1. The van der Waals surface area contributed by atoms with Crippen molar-refractivity contribution in [3.63, 3.8) is 0 Å². The van der Waals surface area contributed by atoms with Crippen LogP contribution in [0.5, 0.6) is 0 Å². The lowest BCUT2D eigenvalue weighted by atomic mass is 10.1. The Morgan fingerprint density at radius 1 is 1.31 bits per heavy atom. The fraction of sp³-hybridized carbons (Fsp3) is 0.263. The Labute approximate surface area is 150 Å². The zero-order valence-corrected chi connectivity index (χ0v) is 14.3. The van der Waals surface area contributed by atoms with E-state index in [0.29, 0.717) is 28.8 Å². The maximum absolute atomic E-state index is 12.6. The van der Waals surface area contributed by atoms with Crippen molar-refractivity contribution in [2.45, 2.75) is 31.7 Å². The number of amides is 1. The molecule has 3 aromatic rings. The number of nitrogens with one attached hydrogen (secondary N) is 1. The lowest BCUT2D eigenvalue weighted by molar-refractivity contribution is 0.0932. The third-order valence-corrected chi connectivity index (χ3v) is 4.36. The normalized spacial score (nSPS) is 14.8. The molecule has 2 aromatic heterocycles. The van der Waals surface area contributed by atoms with Crippen molar-refractivity contribution >= 4 is 11.6 Å². The Morgan fingerprint density at radius 2 is 2.15 bits per heavy atom. The molecule has 1 saturated carbocycles. The zero-order valence-electron chi connectivity index (χ0n) is 14.3. The molecule has 0 spiro atoms. The first kappa shape index (κ1) is 16.3. The van der Waals surface area contributed by atoms with Gasteiger partial charge in [0.25, 0.3) is 5.91 Å². The van der Waals surface area contributed by atoms with E-state index >= 15 is 0 Å². The molecule has 0 bridgehead atoms. The molecular formula is C19H19N5O2. The summed E-state index contributed by atoms with van der Waals surface area (Å²) in [5.41, 5.74) is 8.50. The minimum absolute atomic E-state index is 0.222. The predicted octanol–water partition coefficient (Wildman–Crippen LogP) is 3.08. The van der Waals surface area contributed by atoms with Gasteiger partial charge in [-0.1, -0.05) is 17.3 Å². The third kappa shape index (κ3) is 3.28. The standard InChI is InChI=1S/C19H19N5O2/c1-11(19-23-17(24-26-19)12-7-8-12)22-18(25)14-5-2-4-13(10-14)16-15(20)6-3-9-21-16/h2-6,9-12H,7-8,20H2,1H3,(H,22,25)/t11-/m1/s1. The predicted molar refractivity (Wildman–Crippen MR) is 96.2 cm³/mol. The van der Waals surface area contributed by atoms with Crippen molar-refractivity contribution in [3.05, 3.63) is 59.9 Å². The number of nitrogens with zero attached hydrogens (tertiary/aromatic N) is 3. The minimum Gasteiger partial charge on any atom is -0.397 e. The highest BCUT2D eigenvalue weighted by atomic mass is 16.5. The van der Waals surface area contributed by atoms with Gasteiger partial charge in [-0.05, 0) is 44.0 Å². The van der Waals surface area contributed by atoms with Gasteiger partial charge in [0, 0.05) is 23.2 Å². The van der Waals surface area contributed by atoms with Crippen LogP contribution < -0.4 is 11.1 Å². The Morgan fingerprint density at radius 3 is 2.92 bits per heavy atom.